The predicted molar refractivity (Wildman–Crippen MR) is 151 cm³/mol. The van der Waals surface area contributed by atoms with Crippen LogP contribution in [0.5, 0.6) is 0 Å². The van der Waals surface area contributed by atoms with Crippen molar-refractivity contribution in [1.29, 1.82) is 0 Å². The Morgan fingerprint density at radius 1 is 0.424 bits per heavy atom. The first-order valence-corrected chi connectivity index (χ1v) is 15.2. The smallest absolute Gasteiger partial charge is 0.411 e. The zero-order valence-corrected chi connectivity index (χ0v) is 28.0. The first kappa shape index (κ1) is 30.4. The van der Waals surface area contributed by atoms with Crippen LogP contribution in [0.25, 0.3) is 0 Å². The minimum atomic E-state index is 0. The van der Waals surface area contributed by atoms with Gasteiger partial charge in [0.25, 0.3) is 0 Å². The minimum Gasteiger partial charge on any atom is -0.411 e. The van der Waals surface area contributed by atoms with Crippen LogP contribution < -0.4 is 0 Å². The Bertz CT molecular complexity index is 481. The van der Waals surface area contributed by atoms with Gasteiger partial charge in [0.15, 0.2) is 0 Å². The average Bonchev–Trinajstić information content (AvgIpc) is 2.82. The zero-order chi connectivity index (χ0) is 22.8. The van der Waals surface area contributed by atoms with Crippen LogP contribution in [0.4, 0.5) is 0 Å². The van der Waals surface area contributed by atoms with Crippen LogP contribution in [0.1, 0.15) is 128 Å². The van der Waals surface area contributed by atoms with Crippen LogP contribution in [0.15, 0.2) is 0 Å². The fraction of sp³-hybridized carbons (Fsp3) is 0.923. The summed E-state index contributed by atoms with van der Waals surface area (Å²) in [6.07, 6.45) is 27.0. The van der Waals surface area contributed by atoms with E-state index in [0.717, 1.165) is 8.64 Å². The molecule has 2 nitrogen and oxygen atoms in total. The average molecular weight is 625 g/mol. The van der Waals surface area contributed by atoms with Gasteiger partial charge in [0, 0.05) is 24.2 Å². The van der Waals surface area contributed by atoms with Crippen LogP contribution in [0, 0.1) is 0 Å². The van der Waals surface area contributed by atoms with E-state index in [0.29, 0.717) is 24.2 Å². The second-order valence-electron chi connectivity index (χ2n) is 10.5. The maximum Gasteiger partial charge on any atom is 2.00 e. The summed E-state index contributed by atoms with van der Waals surface area (Å²) in [6, 6.07) is 2.67. The van der Waals surface area contributed by atoms with Crippen molar-refractivity contribution in [2.24, 2.45) is 0 Å². The van der Waals surface area contributed by atoms with Crippen LogP contribution >= 0.6 is 24.4 Å². The van der Waals surface area contributed by atoms with Crippen molar-refractivity contribution < 1.29 is 27.3 Å². The molecule has 4 aliphatic carbocycles. The molecule has 7 heteroatoms. The molecule has 0 heterocycles. The monoisotopic (exact) mass is 626 g/mol. The van der Waals surface area contributed by atoms with Gasteiger partial charge in [0.05, 0.1) is 0 Å². The molecule has 0 radical (unpaired) electrons. The van der Waals surface area contributed by atoms with Crippen molar-refractivity contribution in [3.05, 3.63) is 0 Å². The normalized spacial score (nSPS) is 23.5. The van der Waals surface area contributed by atoms with Crippen molar-refractivity contribution in [2.75, 3.05) is 0 Å². The summed E-state index contributed by atoms with van der Waals surface area (Å²) < 4.78 is 1.47. The molecule has 0 N–H and O–H groups in total. The SMILES string of the molecule is S=C([S-])N(C1CCCCC1)C1CCCCC1.S=C([S-])N(C1CCCCC1)C1CCCCC1.[Cd+2]. The second-order valence-corrected chi connectivity index (χ2v) is 12.6. The molecule has 0 aliphatic heterocycles. The third-order valence-corrected chi connectivity index (χ3v) is 9.14. The van der Waals surface area contributed by atoms with Gasteiger partial charge in [-0.05, 0) is 51.4 Å². The third kappa shape index (κ3) is 9.84. The molecule has 0 aromatic rings. The van der Waals surface area contributed by atoms with Gasteiger partial charge in [0.1, 0.15) is 0 Å². The number of nitrogens with zero attached hydrogens (tertiary/aromatic N) is 2. The van der Waals surface area contributed by atoms with E-state index in [2.05, 4.69) is 9.80 Å². The van der Waals surface area contributed by atoms with Crippen molar-refractivity contribution in [2.45, 2.75) is 153 Å². The Balaban J connectivity index is 0.000000227. The number of rotatable bonds is 4. The van der Waals surface area contributed by atoms with Gasteiger partial charge in [-0.3, -0.25) is 0 Å². The van der Waals surface area contributed by atoms with Crippen LogP contribution in [-0.2, 0) is 52.6 Å². The van der Waals surface area contributed by atoms with Crippen molar-refractivity contribution in [3.8, 4) is 0 Å². The molecule has 0 saturated heterocycles. The molecule has 0 unspecified atom stereocenters. The molecule has 0 spiro atoms. The van der Waals surface area contributed by atoms with E-state index in [4.69, 9.17) is 49.7 Å². The molecule has 4 fully saturated rings. The van der Waals surface area contributed by atoms with E-state index in [1.165, 1.54) is 128 Å². The summed E-state index contributed by atoms with van der Waals surface area (Å²) in [4.78, 5) is 4.87. The molecule has 0 bridgehead atoms. The molecule has 4 saturated carbocycles. The third-order valence-electron chi connectivity index (χ3n) is 8.29. The largest absolute Gasteiger partial charge is 2.00 e. The predicted octanol–water partition coefficient (Wildman–Crippen LogP) is 7.57. The van der Waals surface area contributed by atoms with Gasteiger partial charge in [-0.2, -0.15) is 0 Å². The summed E-state index contributed by atoms with van der Waals surface area (Å²) >= 11 is 21.3. The van der Waals surface area contributed by atoms with Gasteiger partial charge >= 0.3 is 27.3 Å². The van der Waals surface area contributed by atoms with Crippen molar-refractivity contribution in [1.82, 2.24) is 9.80 Å². The fourth-order valence-electron chi connectivity index (χ4n) is 6.63. The Morgan fingerprint density at radius 2 is 0.606 bits per heavy atom. The van der Waals surface area contributed by atoms with E-state index < -0.39 is 0 Å². The molecular formula is C26H44CdN2S4. The van der Waals surface area contributed by atoms with Crippen LogP contribution in [0.2, 0.25) is 0 Å². The van der Waals surface area contributed by atoms with E-state index in [9.17, 15) is 0 Å². The Kier molecular flexibility index (Phi) is 15.5. The summed E-state index contributed by atoms with van der Waals surface area (Å²) in [7, 11) is 0. The molecule has 0 amide bonds. The zero-order valence-electron chi connectivity index (χ0n) is 20.7. The molecule has 0 aromatic carbocycles. The molecule has 4 aliphatic rings. The quantitative estimate of drug-likeness (QED) is 0.180. The number of thiocarbonyl (C=S) groups is 2. The first-order chi connectivity index (χ1) is 15.6. The van der Waals surface area contributed by atoms with Gasteiger partial charge in [-0.15, -0.1) is 0 Å². The molecular weight excluding hydrogens is 581 g/mol. The Labute approximate surface area is 246 Å². The molecule has 4 rings (SSSR count). The van der Waals surface area contributed by atoms with E-state index in [-0.39, 0.29) is 27.3 Å². The van der Waals surface area contributed by atoms with E-state index >= 15 is 0 Å². The summed E-state index contributed by atoms with van der Waals surface area (Å²) in [5.41, 5.74) is 0. The second kappa shape index (κ2) is 16.8. The van der Waals surface area contributed by atoms with Crippen LogP contribution in [-0.4, -0.2) is 42.6 Å². The summed E-state index contributed by atoms with van der Waals surface area (Å²) in [5, 5.41) is 0. The van der Waals surface area contributed by atoms with Gasteiger partial charge < -0.3 is 59.5 Å². The minimum absolute atomic E-state index is 0. The maximum atomic E-state index is 5.32. The molecule has 0 atom stereocenters. The Morgan fingerprint density at radius 3 is 0.758 bits per heavy atom. The standard InChI is InChI=1S/2C13H23NS2.Cd/c2*15-13(16)14(11-7-3-1-4-8-11)12-9-5-2-6-10-12;/h2*11-12H,1-10H2,(H,15,16);/q;;+2/p-2. The van der Waals surface area contributed by atoms with Gasteiger partial charge in [-0.1, -0.05) is 85.7 Å². The van der Waals surface area contributed by atoms with Gasteiger partial charge in [-0.25, -0.2) is 0 Å². The van der Waals surface area contributed by atoms with Crippen molar-refractivity contribution in [3.63, 3.8) is 0 Å². The number of hydrogen-bond acceptors (Lipinski definition) is 4. The van der Waals surface area contributed by atoms with Gasteiger partial charge in [0.2, 0.25) is 0 Å². The van der Waals surface area contributed by atoms with Crippen LogP contribution in [0.3, 0.4) is 0 Å². The van der Waals surface area contributed by atoms with E-state index in [1.807, 2.05) is 0 Å². The number of hydrogen-bond donors (Lipinski definition) is 0. The Hall–Kier alpha value is 1.14. The molecule has 33 heavy (non-hydrogen) atoms. The summed E-state index contributed by atoms with van der Waals surface area (Å²) in [6.45, 7) is 0. The summed E-state index contributed by atoms with van der Waals surface area (Å²) in [5.74, 6) is 0. The van der Waals surface area contributed by atoms with E-state index in [1.54, 1.807) is 0 Å². The molecule has 184 valence electrons. The topological polar surface area (TPSA) is 6.48 Å². The van der Waals surface area contributed by atoms with Crippen molar-refractivity contribution >= 4 is 58.3 Å². The molecule has 0 aromatic heterocycles. The first-order valence-electron chi connectivity index (χ1n) is 13.6. The maximum absolute atomic E-state index is 5.32. The fourth-order valence-corrected chi connectivity index (χ4v) is 7.82.